The molecule has 1 amide bonds. The molecule has 6 nitrogen and oxygen atoms in total. The highest BCUT2D eigenvalue weighted by Crippen LogP contribution is 2.27. The first kappa shape index (κ1) is 19.8. The maximum absolute atomic E-state index is 12.9. The number of ether oxygens (including phenoxy) is 1. The number of H-pyrrole nitrogens is 2. The number of imidazole rings is 1. The van der Waals surface area contributed by atoms with Crippen LogP contribution in [0, 0.1) is 0 Å². The Kier molecular flexibility index (Phi) is 5.64. The van der Waals surface area contributed by atoms with Gasteiger partial charge in [0.25, 0.3) is 0 Å². The van der Waals surface area contributed by atoms with Gasteiger partial charge >= 0.3 is 17.8 Å². The molecule has 0 aliphatic carbocycles. The first-order chi connectivity index (χ1) is 13.2. The number of nitrogens with zero attached hydrogens (tertiary/aromatic N) is 1. The van der Waals surface area contributed by atoms with E-state index in [0.717, 1.165) is 0 Å². The highest BCUT2D eigenvalue weighted by molar-refractivity contribution is 6.31. The van der Waals surface area contributed by atoms with E-state index in [-0.39, 0.29) is 30.5 Å². The van der Waals surface area contributed by atoms with Crippen LogP contribution in [0.2, 0.25) is 5.02 Å². The lowest BCUT2D eigenvalue weighted by Crippen LogP contribution is -2.42. The smallest absolute Gasteiger partial charge is 0.471 e. The van der Waals surface area contributed by atoms with Crippen LogP contribution in [0.25, 0.3) is 11.0 Å². The van der Waals surface area contributed by atoms with Gasteiger partial charge in [-0.25, -0.2) is 4.79 Å². The summed E-state index contributed by atoms with van der Waals surface area (Å²) in [6.45, 7) is -0.748. The molecule has 148 valence electrons. The Bertz CT molecular complexity index is 1030. The number of aromatic amines is 2. The first-order valence-electron chi connectivity index (χ1n) is 8.18. The molecule has 1 aromatic heterocycles. The van der Waals surface area contributed by atoms with Crippen LogP contribution in [0.4, 0.5) is 13.2 Å². The third kappa shape index (κ3) is 4.66. The SMILES string of the molecule is O=C(N(CCOc1cc(Cl)cc2[nH]c(=O)[nH]c12)Cc1ccccc1)C(F)(F)F. The van der Waals surface area contributed by atoms with Gasteiger partial charge in [-0.2, -0.15) is 13.2 Å². The van der Waals surface area contributed by atoms with Crippen molar-refractivity contribution in [2.75, 3.05) is 13.2 Å². The summed E-state index contributed by atoms with van der Waals surface area (Å²) in [5, 5.41) is 0.283. The molecule has 28 heavy (non-hydrogen) atoms. The number of hydrogen-bond acceptors (Lipinski definition) is 3. The van der Waals surface area contributed by atoms with E-state index in [0.29, 0.717) is 21.5 Å². The second kappa shape index (κ2) is 7.97. The number of hydrogen-bond donors (Lipinski definition) is 2. The quantitative estimate of drug-likeness (QED) is 0.649. The lowest BCUT2D eigenvalue weighted by atomic mass is 10.2. The van der Waals surface area contributed by atoms with Gasteiger partial charge in [-0.15, -0.1) is 0 Å². The van der Waals surface area contributed by atoms with Crippen molar-refractivity contribution in [3.05, 3.63) is 63.5 Å². The Morgan fingerprint density at radius 2 is 1.86 bits per heavy atom. The molecule has 0 saturated heterocycles. The summed E-state index contributed by atoms with van der Waals surface area (Å²) in [5.74, 6) is -1.76. The summed E-state index contributed by atoms with van der Waals surface area (Å²) >= 11 is 5.96. The van der Waals surface area contributed by atoms with Gasteiger partial charge in [0.1, 0.15) is 17.9 Å². The van der Waals surface area contributed by atoms with Crippen molar-refractivity contribution >= 4 is 28.5 Å². The highest BCUT2D eigenvalue weighted by atomic mass is 35.5. The molecule has 0 spiro atoms. The molecule has 0 aliphatic heterocycles. The zero-order chi connectivity index (χ0) is 20.3. The molecule has 1 heterocycles. The van der Waals surface area contributed by atoms with Gasteiger partial charge in [0.05, 0.1) is 12.1 Å². The number of fused-ring (bicyclic) bond motifs is 1. The van der Waals surface area contributed by atoms with Crippen molar-refractivity contribution < 1.29 is 22.7 Å². The minimum atomic E-state index is -5.00. The van der Waals surface area contributed by atoms with Crippen LogP contribution in [-0.2, 0) is 11.3 Å². The maximum atomic E-state index is 12.9. The molecule has 3 rings (SSSR count). The highest BCUT2D eigenvalue weighted by Gasteiger charge is 2.42. The van der Waals surface area contributed by atoms with Crippen molar-refractivity contribution in [2.45, 2.75) is 12.7 Å². The van der Waals surface area contributed by atoms with Crippen LogP contribution in [-0.4, -0.2) is 40.1 Å². The number of nitrogens with one attached hydrogen (secondary N) is 2. The summed E-state index contributed by atoms with van der Waals surface area (Å²) in [6, 6.07) is 11.3. The average Bonchev–Trinajstić information content (AvgIpc) is 3.00. The van der Waals surface area contributed by atoms with Gasteiger partial charge in [-0.05, 0) is 11.6 Å². The third-order valence-corrected chi connectivity index (χ3v) is 4.14. The molecular formula is C18H15ClF3N3O3. The number of carbonyl (C=O) groups is 1. The second-order valence-electron chi connectivity index (χ2n) is 5.96. The van der Waals surface area contributed by atoms with E-state index in [4.69, 9.17) is 16.3 Å². The minimum absolute atomic E-state index is 0.194. The topological polar surface area (TPSA) is 78.2 Å². The fraction of sp³-hybridized carbons (Fsp3) is 0.222. The largest absolute Gasteiger partial charge is 0.489 e. The number of aromatic nitrogens is 2. The summed E-state index contributed by atoms with van der Waals surface area (Å²) in [6.07, 6.45) is -5.00. The van der Waals surface area contributed by atoms with E-state index in [2.05, 4.69) is 9.97 Å². The molecule has 0 fully saturated rings. The Morgan fingerprint density at radius 3 is 2.54 bits per heavy atom. The number of carbonyl (C=O) groups excluding carboxylic acids is 1. The molecule has 0 atom stereocenters. The predicted octanol–water partition coefficient (Wildman–Crippen LogP) is 3.48. The summed E-state index contributed by atoms with van der Waals surface area (Å²) in [4.78, 5) is 28.9. The predicted molar refractivity (Wildman–Crippen MR) is 97.3 cm³/mol. The Balaban J connectivity index is 1.75. The maximum Gasteiger partial charge on any atom is 0.471 e. The number of alkyl halides is 3. The van der Waals surface area contributed by atoms with E-state index in [1.807, 2.05) is 0 Å². The molecule has 0 radical (unpaired) electrons. The third-order valence-electron chi connectivity index (χ3n) is 3.92. The summed E-state index contributed by atoms with van der Waals surface area (Å²) in [7, 11) is 0. The number of halogens is 4. The van der Waals surface area contributed by atoms with Gasteiger partial charge in [0, 0.05) is 17.6 Å². The van der Waals surface area contributed by atoms with Crippen molar-refractivity contribution in [3.8, 4) is 5.75 Å². The fourth-order valence-electron chi connectivity index (χ4n) is 2.69. The molecule has 10 heteroatoms. The van der Waals surface area contributed by atoms with Gasteiger partial charge in [0.15, 0.2) is 0 Å². The number of amides is 1. The molecule has 0 unspecified atom stereocenters. The van der Waals surface area contributed by atoms with Crippen LogP contribution in [0.1, 0.15) is 5.56 Å². The number of benzene rings is 2. The molecule has 0 bridgehead atoms. The monoisotopic (exact) mass is 413 g/mol. The standard InChI is InChI=1S/C18H15ClF3N3O3/c19-12-8-13-15(24-17(27)23-13)14(9-12)28-7-6-25(16(26)18(20,21)22)10-11-4-2-1-3-5-11/h1-5,8-9H,6-7,10H2,(H2,23,24,27). The fourth-order valence-corrected chi connectivity index (χ4v) is 2.90. The normalized spacial score (nSPS) is 11.6. The van der Waals surface area contributed by atoms with Gasteiger partial charge in [-0.3, -0.25) is 4.79 Å². The van der Waals surface area contributed by atoms with Crippen LogP contribution in [0.5, 0.6) is 5.75 Å². The van der Waals surface area contributed by atoms with E-state index in [1.165, 1.54) is 12.1 Å². The lowest BCUT2D eigenvalue weighted by molar-refractivity contribution is -0.186. The van der Waals surface area contributed by atoms with E-state index in [1.54, 1.807) is 30.3 Å². The molecule has 0 saturated carbocycles. The van der Waals surface area contributed by atoms with Crippen LogP contribution >= 0.6 is 11.6 Å². The molecule has 2 aromatic carbocycles. The molecule has 0 aliphatic rings. The number of rotatable bonds is 6. The Labute approximate surface area is 161 Å². The van der Waals surface area contributed by atoms with Crippen LogP contribution < -0.4 is 10.4 Å². The van der Waals surface area contributed by atoms with Gasteiger partial charge in [0.2, 0.25) is 0 Å². The van der Waals surface area contributed by atoms with Crippen molar-refractivity contribution in [2.24, 2.45) is 0 Å². The summed E-state index contributed by atoms with van der Waals surface area (Å²) in [5.41, 5.74) is 0.825. The Morgan fingerprint density at radius 1 is 1.14 bits per heavy atom. The van der Waals surface area contributed by atoms with Gasteiger partial charge in [-0.1, -0.05) is 41.9 Å². The Hall–Kier alpha value is -2.94. The average molecular weight is 414 g/mol. The van der Waals surface area contributed by atoms with Crippen molar-refractivity contribution in [1.29, 1.82) is 0 Å². The minimum Gasteiger partial charge on any atom is -0.489 e. The van der Waals surface area contributed by atoms with Crippen molar-refractivity contribution in [3.63, 3.8) is 0 Å². The van der Waals surface area contributed by atoms with Crippen LogP contribution in [0.3, 0.4) is 0 Å². The van der Waals surface area contributed by atoms with Crippen LogP contribution in [0.15, 0.2) is 47.3 Å². The van der Waals surface area contributed by atoms with E-state index < -0.39 is 17.8 Å². The lowest BCUT2D eigenvalue weighted by Gasteiger charge is -2.24. The summed E-state index contributed by atoms with van der Waals surface area (Å²) < 4.78 is 44.3. The van der Waals surface area contributed by atoms with E-state index >= 15 is 0 Å². The van der Waals surface area contributed by atoms with Gasteiger partial charge < -0.3 is 19.6 Å². The van der Waals surface area contributed by atoms with Crippen molar-refractivity contribution in [1.82, 2.24) is 14.9 Å². The molecule has 3 aromatic rings. The zero-order valence-electron chi connectivity index (χ0n) is 14.3. The second-order valence-corrected chi connectivity index (χ2v) is 6.40. The zero-order valence-corrected chi connectivity index (χ0v) is 15.1. The molecule has 2 N–H and O–H groups in total. The van der Waals surface area contributed by atoms with E-state index in [9.17, 15) is 22.8 Å². The molecular weight excluding hydrogens is 399 g/mol. The first-order valence-corrected chi connectivity index (χ1v) is 8.56.